The summed E-state index contributed by atoms with van der Waals surface area (Å²) in [5.41, 5.74) is 1.20. The van der Waals surface area contributed by atoms with Gasteiger partial charge in [-0.15, -0.1) is 11.3 Å². The maximum Gasteiger partial charge on any atom is 0.319 e. The monoisotopic (exact) mass is 382 g/mol. The summed E-state index contributed by atoms with van der Waals surface area (Å²) in [5.74, 6) is 1.60. The van der Waals surface area contributed by atoms with E-state index in [4.69, 9.17) is 9.72 Å². The van der Waals surface area contributed by atoms with E-state index in [1.807, 2.05) is 13.0 Å². The quantitative estimate of drug-likeness (QED) is 0.647. The van der Waals surface area contributed by atoms with E-state index in [9.17, 15) is 4.79 Å². The van der Waals surface area contributed by atoms with Gasteiger partial charge in [0.2, 0.25) is 0 Å². The molecule has 0 amide bonds. The minimum atomic E-state index is -0.186. The lowest BCUT2D eigenvalue weighted by Crippen LogP contribution is -2.48. The maximum atomic E-state index is 11.5. The average molecular weight is 382 g/mol. The number of hydrogen-bond acceptors (Lipinski definition) is 7. The van der Waals surface area contributed by atoms with Gasteiger partial charge in [-0.2, -0.15) is 0 Å². The van der Waals surface area contributed by atoms with Gasteiger partial charge in [-0.05, 0) is 18.6 Å². The molecule has 0 aliphatic carbocycles. The van der Waals surface area contributed by atoms with Crippen molar-refractivity contribution in [1.82, 2.24) is 14.9 Å². The van der Waals surface area contributed by atoms with Crippen LogP contribution < -0.4 is 4.90 Å². The smallest absolute Gasteiger partial charge is 0.319 e. The Morgan fingerprint density at radius 3 is 2.59 bits per heavy atom. The van der Waals surface area contributed by atoms with Crippen LogP contribution in [0.3, 0.4) is 0 Å². The second kappa shape index (κ2) is 7.62. The molecule has 0 N–H and O–H groups in total. The summed E-state index contributed by atoms with van der Waals surface area (Å²) in [6.45, 7) is 5.58. The third-order valence-corrected chi connectivity index (χ3v) is 5.87. The predicted molar refractivity (Wildman–Crippen MR) is 108 cm³/mol. The largest absolute Gasteiger partial charge is 0.468 e. The number of nitrogens with zero attached hydrogens (tertiary/aromatic N) is 4. The fourth-order valence-corrected chi connectivity index (χ4v) is 4.44. The molecule has 140 valence electrons. The summed E-state index contributed by atoms with van der Waals surface area (Å²) >= 11 is 1.71. The molecule has 3 aromatic rings. The Morgan fingerprint density at radius 1 is 1.15 bits per heavy atom. The van der Waals surface area contributed by atoms with Gasteiger partial charge < -0.3 is 9.64 Å². The van der Waals surface area contributed by atoms with E-state index >= 15 is 0 Å². The highest BCUT2D eigenvalue weighted by Crippen LogP contribution is 2.36. The van der Waals surface area contributed by atoms with Crippen LogP contribution in [0, 0.1) is 6.92 Å². The minimum absolute atomic E-state index is 0.186. The first-order chi connectivity index (χ1) is 13.1. The Hall–Kier alpha value is -2.51. The summed E-state index contributed by atoms with van der Waals surface area (Å²) in [4.78, 5) is 27.5. The van der Waals surface area contributed by atoms with E-state index in [0.29, 0.717) is 6.54 Å². The number of esters is 1. The van der Waals surface area contributed by atoms with E-state index in [0.717, 1.165) is 48.0 Å². The lowest BCUT2D eigenvalue weighted by atomic mass is 10.2. The lowest BCUT2D eigenvalue weighted by Gasteiger charge is -2.35. The first-order valence-corrected chi connectivity index (χ1v) is 9.83. The molecule has 0 spiro atoms. The second-order valence-corrected chi connectivity index (χ2v) is 7.66. The highest BCUT2D eigenvalue weighted by Gasteiger charge is 2.23. The number of hydrogen-bond donors (Lipinski definition) is 0. The average Bonchev–Trinajstić information content (AvgIpc) is 3.12. The molecule has 6 nitrogen and oxygen atoms in total. The van der Waals surface area contributed by atoms with Gasteiger partial charge in [0.05, 0.1) is 19.0 Å². The minimum Gasteiger partial charge on any atom is -0.468 e. The molecule has 0 saturated carbocycles. The van der Waals surface area contributed by atoms with Crippen molar-refractivity contribution in [2.45, 2.75) is 6.92 Å². The molecule has 0 bridgehead atoms. The molecule has 0 radical (unpaired) electrons. The first-order valence-electron chi connectivity index (χ1n) is 9.02. The number of fused-ring (bicyclic) bond motifs is 1. The number of benzene rings is 1. The van der Waals surface area contributed by atoms with Crippen molar-refractivity contribution in [3.05, 3.63) is 42.2 Å². The Kier molecular flexibility index (Phi) is 5.05. The molecule has 2 aromatic heterocycles. The van der Waals surface area contributed by atoms with Crippen LogP contribution in [0.15, 0.2) is 36.4 Å². The predicted octanol–water partition coefficient (Wildman–Crippen LogP) is 2.96. The number of ether oxygens (including phenoxy) is 1. The summed E-state index contributed by atoms with van der Waals surface area (Å²) in [7, 11) is 1.43. The van der Waals surface area contributed by atoms with Gasteiger partial charge in [0.15, 0.2) is 0 Å². The molecule has 0 unspecified atom stereocenters. The van der Waals surface area contributed by atoms with Crippen molar-refractivity contribution in [2.75, 3.05) is 44.7 Å². The second-order valence-electron chi connectivity index (χ2n) is 6.63. The number of thiophene rings is 1. The Balaban J connectivity index is 1.60. The van der Waals surface area contributed by atoms with Gasteiger partial charge in [0.25, 0.3) is 0 Å². The highest BCUT2D eigenvalue weighted by molar-refractivity contribution is 7.21. The van der Waals surface area contributed by atoms with Crippen LogP contribution in [0.2, 0.25) is 0 Å². The van der Waals surface area contributed by atoms with Crippen LogP contribution >= 0.6 is 11.3 Å². The molecule has 1 aliphatic rings. The van der Waals surface area contributed by atoms with Crippen molar-refractivity contribution in [3.8, 4) is 10.4 Å². The van der Waals surface area contributed by atoms with Crippen molar-refractivity contribution in [3.63, 3.8) is 0 Å². The van der Waals surface area contributed by atoms with Gasteiger partial charge in [-0.1, -0.05) is 30.3 Å². The molecule has 1 aromatic carbocycles. The Labute approximate surface area is 162 Å². The molecule has 1 aliphatic heterocycles. The summed E-state index contributed by atoms with van der Waals surface area (Å²) in [6, 6.07) is 12.6. The number of methoxy groups -OCH3 is 1. The highest BCUT2D eigenvalue weighted by atomic mass is 32.1. The van der Waals surface area contributed by atoms with Crippen molar-refractivity contribution in [1.29, 1.82) is 0 Å². The Bertz CT molecular complexity index is 949. The molecule has 1 saturated heterocycles. The van der Waals surface area contributed by atoms with E-state index < -0.39 is 0 Å². The topological polar surface area (TPSA) is 58.6 Å². The molecule has 7 heteroatoms. The Morgan fingerprint density at radius 2 is 1.89 bits per heavy atom. The molecule has 1 fully saturated rings. The number of piperazine rings is 1. The van der Waals surface area contributed by atoms with Crippen LogP contribution in [0.5, 0.6) is 0 Å². The number of aromatic nitrogens is 2. The van der Waals surface area contributed by atoms with Gasteiger partial charge in [0.1, 0.15) is 16.5 Å². The van der Waals surface area contributed by atoms with Crippen LogP contribution in [0.1, 0.15) is 5.82 Å². The van der Waals surface area contributed by atoms with Crippen LogP contribution in [-0.2, 0) is 9.53 Å². The lowest BCUT2D eigenvalue weighted by molar-refractivity contribution is -0.142. The molecule has 4 rings (SSSR count). The van der Waals surface area contributed by atoms with Crippen molar-refractivity contribution < 1.29 is 9.53 Å². The van der Waals surface area contributed by atoms with Crippen molar-refractivity contribution >= 4 is 33.3 Å². The SMILES string of the molecule is COC(=O)CN1CCN(c2nc(C)nc3sc(-c4ccccc4)cc23)CC1. The van der Waals surface area contributed by atoms with Crippen LogP contribution in [0.25, 0.3) is 20.7 Å². The molecular formula is C20H22N4O2S. The maximum absolute atomic E-state index is 11.5. The molecule has 27 heavy (non-hydrogen) atoms. The summed E-state index contributed by atoms with van der Waals surface area (Å²) in [6.07, 6.45) is 0. The fourth-order valence-electron chi connectivity index (χ4n) is 3.36. The number of rotatable bonds is 4. The normalized spacial score (nSPS) is 15.3. The zero-order chi connectivity index (χ0) is 18.8. The van der Waals surface area contributed by atoms with E-state index in [1.165, 1.54) is 17.6 Å². The molecular weight excluding hydrogens is 360 g/mol. The number of anilines is 1. The zero-order valence-electron chi connectivity index (χ0n) is 15.5. The number of carbonyl (C=O) groups is 1. The van der Waals surface area contributed by atoms with E-state index in [-0.39, 0.29) is 5.97 Å². The molecule has 3 heterocycles. The van der Waals surface area contributed by atoms with E-state index in [2.05, 4.69) is 45.1 Å². The van der Waals surface area contributed by atoms with Crippen LogP contribution in [-0.4, -0.2) is 60.7 Å². The van der Waals surface area contributed by atoms with E-state index in [1.54, 1.807) is 11.3 Å². The summed E-state index contributed by atoms with van der Waals surface area (Å²) < 4.78 is 4.77. The number of carbonyl (C=O) groups excluding carboxylic acids is 1. The molecule has 0 atom stereocenters. The standard InChI is InChI=1S/C20H22N4O2S/c1-14-21-19(24-10-8-23(9-11-24)13-18(25)26-2)16-12-17(27-20(16)22-14)15-6-4-3-5-7-15/h3-7,12H,8-11,13H2,1-2H3. The van der Waals surface area contributed by atoms with Gasteiger partial charge >= 0.3 is 5.97 Å². The van der Waals surface area contributed by atoms with Crippen molar-refractivity contribution in [2.24, 2.45) is 0 Å². The third kappa shape index (κ3) is 3.79. The van der Waals surface area contributed by atoms with Gasteiger partial charge in [-0.3, -0.25) is 9.69 Å². The fraction of sp³-hybridized carbons (Fsp3) is 0.350. The third-order valence-electron chi connectivity index (χ3n) is 4.79. The van der Waals surface area contributed by atoms with Gasteiger partial charge in [-0.25, -0.2) is 9.97 Å². The van der Waals surface area contributed by atoms with Crippen LogP contribution in [0.4, 0.5) is 5.82 Å². The first kappa shape index (κ1) is 17.9. The summed E-state index contributed by atoms with van der Waals surface area (Å²) in [5, 5.41) is 1.10. The zero-order valence-corrected chi connectivity index (χ0v) is 16.3. The van der Waals surface area contributed by atoms with Gasteiger partial charge in [0, 0.05) is 31.1 Å². The number of aryl methyl sites for hydroxylation is 1.